The molecule has 0 fully saturated rings. The molecular formula is C17H16F3NO. The van der Waals surface area contributed by atoms with Crippen LogP contribution in [0.5, 0.6) is 0 Å². The molecule has 2 unspecified atom stereocenters. The third-order valence-corrected chi connectivity index (χ3v) is 3.36. The molecule has 1 N–H and O–H groups in total. The fourth-order valence-corrected chi connectivity index (χ4v) is 2.47. The number of nitrogens with one attached hydrogen (secondary N) is 1. The monoisotopic (exact) mass is 307 g/mol. The number of carbonyl (C=O) groups excluding carboxylic acids is 1. The van der Waals surface area contributed by atoms with Crippen molar-refractivity contribution < 1.29 is 18.0 Å². The van der Waals surface area contributed by atoms with Crippen molar-refractivity contribution in [2.24, 2.45) is 0 Å². The van der Waals surface area contributed by atoms with E-state index >= 15 is 0 Å². The van der Waals surface area contributed by atoms with Gasteiger partial charge < -0.3 is 5.32 Å². The summed E-state index contributed by atoms with van der Waals surface area (Å²) in [6, 6.07) is 14.7. The molecule has 2 aromatic carbocycles. The fraction of sp³-hybridized carbons (Fsp3) is 0.235. The highest BCUT2D eigenvalue weighted by atomic mass is 19.4. The van der Waals surface area contributed by atoms with Crippen LogP contribution < -0.4 is 5.32 Å². The third kappa shape index (κ3) is 3.87. The average Bonchev–Trinajstić information content (AvgIpc) is 2.47. The maximum absolute atomic E-state index is 13.6. The lowest BCUT2D eigenvalue weighted by atomic mass is 9.86. The Bertz CT molecular complexity index is 611. The molecule has 0 aliphatic heterocycles. The van der Waals surface area contributed by atoms with Gasteiger partial charge in [0.2, 0.25) is 5.91 Å². The van der Waals surface area contributed by atoms with Crippen molar-refractivity contribution in [3.8, 4) is 0 Å². The summed E-state index contributed by atoms with van der Waals surface area (Å²) in [5, 5.41) is 2.44. The van der Waals surface area contributed by atoms with Crippen LogP contribution in [0.2, 0.25) is 0 Å². The van der Waals surface area contributed by atoms with E-state index in [0.717, 1.165) is 0 Å². The van der Waals surface area contributed by atoms with Crippen molar-refractivity contribution in [1.82, 2.24) is 5.32 Å². The van der Waals surface area contributed by atoms with E-state index in [2.05, 4.69) is 5.32 Å². The standard InChI is InChI=1S/C17H16F3NO/c1-12(22)21-16(14-10-6-3-7-11-14)15(17(18,19)20)13-8-4-2-5-9-13/h2-11,15-16H,1H3,(H,21,22). The van der Waals surface area contributed by atoms with Gasteiger partial charge in [-0.3, -0.25) is 4.79 Å². The molecule has 0 aromatic heterocycles. The van der Waals surface area contributed by atoms with Crippen molar-refractivity contribution in [3.63, 3.8) is 0 Å². The zero-order valence-electron chi connectivity index (χ0n) is 12.0. The smallest absolute Gasteiger partial charge is 0.349 e. The first-order valence-corrected chi connectivity index (χ1v) is 6.83. The van der Waals surface area contributed by atoms with E-state index in [4.69, 9.17) is 0 Å². The molecule has 22 heavy (non-hydrogen) atoms. The topological polar surface area (TPSA) is 29.1 Å². The van der Waals surface area contributed by atoms with Gasteiger partial charge >= 0.3 is 6.18 Å². The molecule has 0 saturated carbocycles. The summed E-state index contributed by atoms with van der Waals surface area (Å²) in [5.41, 5.74) is 0.543. The summed E-state index contributed by atoms with van der Waals surface area (Å²) in [5.74, 6) is -2.31. The summed E-state index contributed by atoms with van der Waals surface area (Å²) in [6.45, 7) is 1.22. The number of halogens is 3. The molecule has 0 heterocycles. The van der Waals surface area contributed by atoms with Gasteiger partial charge in [0.15, 0.2) is 0 Å². The number of amides is 1. The Hall–Kier alpha value is -2.30. The fourth-order valence-electron chi connectivity index (χ4n) is 2.47. The van der Waals surface area contributed by atoms with E-state index in [0.29, 0.717) is 5.56 Å². The molecule has 2 rings (SSSR count). The lowest BCUT2D eigenvalue weighted by Gasteiger charge is -2.30. The van der Waals surface area contributed by atoms with E-state index in [1.807, 2.05) is 0 Å². The van der Waals surface area contributed by atoms with Crippen LogP contribution in [-0.2, 0) is 4.79 Å². The molecule has 5 heteroatoms. The van der Waals surface area contributed by atoms with Gasteiger partial charge in [-0.25, -0.2) is 0 Å². The van der Waals surface area contributed by atoms with E-state index in [1.54, 1.807) is 48.5 Å². The predicted octanol–water partition coefficient (Wildman–Crippen LogP) is 4.21. The highest BCUT2D eigenvalue weighted by molar-refractivity contribution is 5.73. The minimum absolute atomic E-state index is 0.123. The van der Waals surface area contributed by atoms with Crippen LogP contribution in [0.3, 0.4) is 0 Å². The summed E-state index contributed by atoms with van der Waals surface area (Å²) >= 11 is 0. The second kappa shape index (κ2) is 6.64. The number of carbonyl (C=O) groups is 1. The SMILES string of the molecule is CC(=O)NC(c1ccccc1)C(c1ccccc1)C(F)(F)F. The van der Waals surface area contributed by atoms with Crippen LogP contribution in [0, 0.1) is 0 Å². The number of hydrogen-bond acceptors (Lipinski definition) is 1. The van der Waals surface area contributed by atoms with Gasteiger partial charge in [-0.1, -0.05) is 60.7 Å². The summed E-state index contributed by atoms with van der Waals surface area (Å²) in [4.78, 5) is 11.4. The molecule has 0 saturated heterocycles. The Kier molecular flexibility index (Phi) is 4.85. The normalized spacial score (nSPS) is 14.2. The largest absolute Gasteiger partial charge is 0.398 e. The first kappa shape index (κ1) is 16.1. The molecule has 0 aliphatic rings. The first-order valence-electron chi connectivity index (χ1n) is 6.83. The summed E-state index contributed by atoms with van der Waals surface area (Å²) in [6.07, 6.45) is -4.48. The quantitative estimate of drug-likeness (QED) is 0.900. The van der Waals surface area contributed by atoms with Gasteiger partial charge in [-0.15, -0.1) is 0 Å². The highest BCUT2D eigenvalue weighted by Gasteiger charge is 2.46. The molecular weight excluding hydrogens is 291 g/mol. The van der Waals surface area contributed by atoms with Gasteiger partial charge in [0.1, 0.15) is 5.92 Å². The third-order valence-electron chi connectivity index (χ3n) is 3.36. The van der Waals surface area contributed by atoms with E-state index in [9.17, 15) is 18.0 Å². The van der Waals surface area contributed by atoms with Crippen molar-refractivity contribution in [1.29, 1.82) is 0 Å². The Morgan fingerprint density at radius 2 is 1.36 bits per heavy atom. The van der Waals surface area contributed by atoms with Gasteiger partial charge in [0, 0.05) is 6.92 Å². The maximum Gasteiger partial charge on any atom is 0.398 e. The van der Waals surface area contributed by atoms with Gasteiger partial charge in [0.05, 0.1) is 6.04 Å². The van der Waals surface area contributed by atoms with Crippen LogP contribution in [0.25, 0.3) is 0 Å². The molecule has 2 aromatic rings. The van der Waals surface area contributed by atoms with Gasteiger partial charge in [-0.05, 0) is 11.1 Å². The molecule has 2 atom stereocenters. The summed E-state index contributed by atoms with van der Waals surface area (Å²) < 4.78 is 40.9. The first-order chi connectivity index (χ1) is 10.4. The predicted molar refractivity (Wildman–Crippen MR) is 78.2 cm³/mol. The molecule has 0 aliphatic carbocycles. The molecule has 2 nitrogen and oxygen atoms in total. The lowest BCUT2D eigenvalue weighted by molar-refractivity contribution is -0.158. The van der Waals surface area contributed by atoms with Crippen LogP contribution in [0.15, 0.2) is 60.7 Å². The zero-order valence-corrected chi connectivity index (χ0v) is 12.0. The van der Waals surface area contributed by atoms with Crippen LogP contribution in [-0.4, -0.2) is 12.1 Å². The minimum Gasteiger partial charge on any atom is -0.349 e. The van der Waals surface area contributed by atoms with E-state index < -0.39 is 24.0 Å². The van der Waals surface area contributed by atoms with Crippen molar-refractivity contribution >= 4 is 5.91 Å². The van der Waals surface area contributed by atoms with Crippen LogP contribution in [0.4, 0.5) is 13.2 Å². The Balaban J connectivity index is 2.51. The van der Waals surface area contributed by atoms with Crippen LogP contribution in [0.1, 0.15) is 30.0 Å². The van der Waals surface area contributed by atoms with Crippen molar-refractivity contribution in [2.75, 3.05) is 0 Å². The van der Waals surface area contributed by atoms with Crippen molar-refractivity contribution in [3.05, 3.63) is 71.8 Å². The zero-order chi connectivity index (χ0) is 16.2. The maximum atomic E-state index is 13.6. The Morgan fingerprint density at radius 1 is 0.909 bits per heavy atom. The minimum atomic E-state index is -4.48. The van der Waals surface area contributed by atoms with Crippen LogP contribution >= 0.6 is 0 Å². The molecule has 0 radical (unpaired) electrons. The van der Waals surface area contributed by atoms with Crippen molar-refractivity contribution in [2.45, 2.75) is 25.1 Å². The number of hydrogen-bond donors (Lipinski definition) is 1. The lowest BCUT2D eigenvalue weighted by Crippen LogP contribution is -2.37. The number of benzene rings is 2. The van der Waals surface area contributed by atoms with E-state index in [-0.39, 0.29) is 5.56 Å². The Labute approximate surface area is 127 Å². The second-order valence-corrected chi connectivity index (χ2v) is 5.02. The number of rotatable bonds is 4. The average molecular weight is 307 g/mol. The molecule has 0 bridgehead atoms. The second-order valence-electron chi connectivity index (χ2n) is 5.02. The van der Waals surface area contributed by atoms with Gasteiger partial charge in [-0.2, -0.15) is 13.2 Å². The molecule has 0 spiro atoms. The highest BCUT2D eigenvalue weighted by Crippen LogP contribution is 2.43. The Morgan fingerprint density at radius 3 is 1.77 bits per heavy atom. The summed E-state index contributed by atoms with van der Waals surface area (Å²) in [7, 11) is 0. The molecule has 116 valence electrons. The number of alkyl halides is 3. The van der Waals surface area contributed by atoms with E-state index in [1.165, 1.54) is 19.1 Å². The van der Waals surface area contributed by atoms with Gasteiger partial charge in [0.25, 0.3) is 0 Å². The molecule has 1 amide bonds.